The maximum absolute atomic E-state index is 11.5. The Balaban J connectivity index is 2.20. The topological polar surface area (TPSA) is 83.7 Å². The van der Waals surface area contributed by atoms with Crippen LogP contribution in [-0.2, 0) is 4.79 Å². The lowest BCUT2D eigenvalue weighted by atomic mass is 10.4. The molecule has 0 spiro atoms. The van der Waals surface area contributed by atoms with E-state index in [0.717, 1.165) is 10.7 Å². The number of carbonyl (C=O) groups excluding carboxylic acids is 1. The molecule has 2 rings (SSSR count). The van der Waals surface area contributed by atoms with E-state index < -0.39 is 18.4 Å². The molecule has 2 aromatic heterocycles. The highest BCUT2D eigenvalue weighted by Gasteiger charge is 2.13. The summed E-state index contributed by atoms with van der Waals surface area (Å²) in [5.41, 5.74) is 1.22. The molecule has 0 fully saturated rings. The number of carbonyl (C=O) groups is 2. The third-order valence-electron chi connectivity index (χ3n) is 2.02. The zero-order chi connectivity index (χ0) is 11.7. The standard InChI is InChI=1S/C9H9N3O3S/c1-5-4-16-9-11-6(3-12(5)9)8(15)10-2-7(13)14/h3-4H,2H2,1H3,(H,10,15)(H,13,14). The molecule has 84 valence electrons. The van der Waals surface area contributed by atoms with E-state index >= 15 is 0 Å². The van der Waals surface area contributed by atoms with Crippen LogP contribution in [0, 0.1) is 6.92 Å². The van der Waals surface area contributed by atoms with Gasteiger partial charge in [-0.2, -0.15) is 0 Å². The Bertz CT molecular complexity index is 557. The number of hydrogen-bond acceptors (Lipinski definition) is 4. The fourth-order valence-electron chi connectivity index (χ4n) is 1.25. The number of carboxylic acid groups (broad SMARTS) is 1. The number of thiazole rings is 1. The van der Waals surface area contributed by atoms with Gasteiger partial charge in [0, 0.05) is 17.3 Å². The molecule has 0 bridgehead atoms. The number of rotatable bonds is 3. The van der Waals surface area contributed by atoms with Crippen molar-refractivity contribution in [3.8, 4) is 0 Å². The molecule has 1 amide bonds. The smallest absolute Gasteiger partial charge is 0.322 e. The predicted molar refractivity (Wildman–Crippen MR) is 57.8 cm³/mol. The number of nitrogens with zero attached hydrogens (tertiary/aromatic N) is 2. The van der Waals surface area contributed by atoms with Gasteiger partial charge in [-0.3, -0.25) is 14.0 Å². The first-order valence-electron chi connectivity index (χ1n) is 4.51. The average Bonchev–Trinajstić information content (AvgIpc) is 2.78. The summed E-state index contributed by atoms with van der Waals surface area (Å²) in [4.78, 5) is 26.6. The van der Waals surface area contributed by atoms with Crippen molar-refractivity contribution in [1.82, 2.24) is 14.7 Å². The van der Waals surface area contributed by atoms with Crippen LogP contribution in [0.2, 0.25) is 0 Å². The summed E-state index contributed by atoms with van der Waals surface area (Å²) in [5, 5.41) is 12.6. The van der Waals surface area contributed by atoms with Gasteiger partial charge >= 0.3 is 5.97 Å². The molecule has 16 heavy (non-hydrogen) atoms. The van der Waals surface area contributed by atoms with Crippen molar-refractivity contribution in [3.63, 3.8) is 0 Å². The van der Waals surface area contributed by atoms with Gasteiger partial charge in [-0.25, -0.2) is 4.98 Å². The van der Waals surface area contributed by atoms with Crippen molar-refractivity contribution in [3.05, 3.63) is 23.0 Å². The number of carboxylic acids is 1. The van der Waals surface area contributed by atoms with E-state index in [1.54, 1.807) is 10.6 Å². The average molecular weight is 239 g/mol. The zero-order valence-corrected chi connectivity index (χ0v) is 9.24. The predicted octanol–water partition coefficient (Wildman–Crippen LogP) is 0.519. The summed E-state index contributed by atoms with van der Waals surface area (Å²) in [7, 11) is 0. The van der Waals surface area contributed by atoms with Gasteiger partial charge in [0.05, 0.1) is 0 Å². The molecule has 0 unspecified atom stereocenters. The number of aliphatic carboxylic acids is 1. The van der Waals surface area contributed by atoms with Crippen molar-refractivity contribution < 1.29 is 14.7 Å². The lowest BCUT2D eigenvalue weighted by Crippen LogP contribution is -2.29. The molecule has 6 nitrogen and oxygen atoms in total. The van der Waals surface area contributed by atoms with Crippen LogP contribution in [-0.4, -0.2) is 32.9 Å². The lowest BCUT2D eigenvalue weighted by molar-refractivity contribution is -0.135. The van der Waals surface area contributed by atoms with Gasteiger partial charge in [-0.1, -0.05) is 0 Å². The third-order valence-corrected chi connectivity index (χ3v) is 2.98. The fourth-order valence-corrected chi connectivity index (χ4v) is 2.10. The van der Waals surface area contributed by atoms with Crippen molar-refractivity contribution in [2.24, 2.45) is 0 Å². The highest BCUT2D eigenvalue weighted by Crippen LogP contribution is 2.15. The third kappa shape index (κ3) is 1.89. The summed E-state index contributed by atoms with van der Waals surface area (Å²) < 4.78 is 1.79. The molecule has 0 atom stereocenters. The summed E-state index contributed by atoms with van der Waals surface area (Å²) >= 11 is 1.43. The van der Waals surface area contributed by atoms with Crippen LogP contribution < -0.4 is 5.32 Å². The number of nitrogens with one attached hydrogen (secondary N) is 1. The van der Waals surface area contributed by atoms with Gasteiger partial charge < -0.3 is 10.4 Å². The monoisotopic (exact) mass is 239 g/mol. The van der Waals surface area contributed by atoms with E-state index in [1.165, 1.54) is 11.3 Å². The molecule has 0 aromatic carbocycles. The highest BCUT2D eigenvalue weighted by atomic mass is 32.1. The van der Waals surface area contributed by atoms with Crippen molar-refractivity contribution >= 4 is 28.2 Å². The summed E-state index contributed by atoms with van der Waals surface area (Å²) in [6.45, 7) is 1.51. The van der Waals surface area contributed by atoms with Gasteiger partial charge in [-0.05, 0) is 6.92 Å². The second-order valence-corrected chi connectivity index (χ2v) is 4.07. The molecule has 2 N–H and O–H groups in total. The number of hydrogen-bond donors (Lipinski definition) is 2. The number of amides is 1. The Labute approximate surface area is 94.5 Å². The van der Waals surface area contributed by atoms with Crippen LogP contribution >= 0.6 is 11.3 Å². The Morgan fingerprint density at radius 3 is 3.00 bits per heavy atom. The second kappa shape index (κ2) is 3.93. The minimum absolute atomic E-state index is 0.233. The molecular formula is C9H9N3O3S. The van der Waals surface area contributed by atoms with E-state index in [-0.39, 0.29) is 5.69 Å². The van der Waals surface area contributed by atoms with Gasteiger partial charge in [0.15, 0.2) is 4.96 Å². The van der Waals surface area contributed by atoms with Crippen LogP contribution in [0.3, 0.4) is 0 Å². The molecule has 7 heteroatoms. The Morgan fingerprint density at radius 1 is 1.62 bits per heavy atom. The second-order valence-electron chi connectivity index (χ2n) is 3.23. The van der Waals surface area contributed by atoms with E-state index in [2.05, 4.69) is 10.3 Å². The maximum Gasteiger partial charge on any atom is 0.322 e. The van der Waals surface area contributed by atoms with Gasteiger partial charge in [-0.15, -0.1) is 11.3 Å². The molecule has 2 heterocycles. The van der Waals surface area contributed by atoms with Crippen LogP contribution in [0.1, 0.15) is 16.2 Å². The van der Waals surface area contributed by atoms with Crippen molar-refractivity contribution in [1.29, 1.82) is 0 Å². The van der Waals surface area contributed by atoms with Crippen LogP contribution in [0.4, 0.5) is 0 Å². The van der Waals surface area contributed by atoms with Gasteiger partial charge in [0.1, 0.15) is 12.2 Å². The Morgan fingerprint density at radius 2 is 2.38 bits per heavy atom. The SMILES string of the molecule is Cc1csc2nc(C(=O)NCC(=O)O)cn12. The first-order valence-corrected chi connectivity index (χ1v) is 5.39. The number of aromatic nitrogens is 2. The summed E-state index contributed by atoms with van der Waals surface area (Å²) in [6.07, 6.45) is 1.60. The van der Waals surface area contributed by atoms with E-state index in [4.69, 9.17) is 5.11 Å². The first-order chi connectivity index (χ1) is 7.58. The van der Waals surface area contributed by atoms with Crippen LogP contribution in [0.15, 0.2) is 11.6 Å². The van der Waals surface area contributed by atoms with E-state index in [0.29, 0.717) is 0 Å². The quantitative estimate of drug-likeness (QED) is 0.817. The molecular weight excluding hydrogens is 230 g/mol. The van der Waals surface area contributed by atoms with Crippen LogP contribution in [0.5, 0.6) is 0 Å². The molecule has 0 aliphatic heterocycles. The number of aryl methyl sites for hydroxylation is 1. The van der Waals surface area contributed by atoms with E-state index in [9.17, 15) is 9.59 Å². The van der Waals surface area contributed by atoms with Crippen molar-refractivity contribution in [2.75, 3.05) is 6.54 Å². The van der Waals surface area contributed by atoms with E-state index in [1.807, 2.05) is 12.3 Å². The largest absolute Gasteiger partial charge is 0.480 e. The minimum atomic E-state index is -1.08. The number of imidazole rings is 1. The minimum Gasteiger partial charge on any atom is -0.480 e. The van der Waals surface area contributed by atoms with Gasteiger partial charge in [0.2, 0.25) is 0 Å². The normalized spacial score (nSPS) is 10.6. The first kappa shape index (κ1) is 10.6. The number of fused-ring (bicyclic) bond motifs is 1. The molecule has 0 radical (unpaired) electrons. The molecule has 0 aliphatic rings. The highest BCUT2D eigenvalue weighted by molar-refractivity contribution is 7.15. The summed E-state index contributed by atoms with van der Waals surface area (Å²) in [6, 6.07) is 0. The molecule has 0 saturated heterocycles. The molecule has 2 aromatic rings. The summed E-state index contributed by atoms with van der Waals surface area (Å²) in [5.74, 6) is -1.55. The maximum atomic E-state index is 11.5. The fraction of sp³-hybridized carbons (Fsp3) is 0.222. The Kier molecular flexibility index (Phi) is 2.61. The zero-order valence-electron chi connectivity index (χ0n) is 8.43. The molecule has 0 aliphatic carbocycles. The van der Waals surface area contributed by atoms with Gasteiger partial charge in [0.25, 0.3) is 5.91 Å². The van der Waals surface area contributed by atoms with Crippen molar-refractivity contribution in [2.45, 2.75) is 6.92 Å². The lowest BCUT2D eigenvalue weighted by Gasteiger charge is -1.97. The molecule has 0 saturated carbocycles. The Hall–Kier alpha value is -1.89. The van der Waals surface area contributed by atoms with Crippen LogP contribution in [0.25, 0.3) is 4.96 Å².